The summed E-state index contributed by atoms with van der Waals surface area (Å²) < 4.78 is 0. The number of hydrogen-bond donors (Lipinski definition) is 2. The average Bonchev–Trinajstić information content (AvgIpc) is 2.82. The summed E-state index contributed by atoms with van der Waals surface area (Å²) in [5, 5.41) is 6.01. The SMILES string of the molecule is CC(C)C(NC(=O)c1ccccc1)C(=O)N1CCC(NC(=O)CCc2ccccc2)CC1. The molecular formula is C26H33N3O3. The van der Waals surface area contributed by atoms with Crippen molar-refractivity contribution in [3.8, 4) is 0 Å². The van der Waals surface area contributed by atoms with Crippen LogP contribution in [0.25, 0.3) is 0 Å². The number of benzene rings is 2. The van der Waals surface area contributed by atoms with Crippen LogP contribution >= 0.6 is 0 Å². The molecule has 3 rings (SSSR count). The number of hydrogen-bond acceptors (Lipinski definition) is 3. The van der Waals surface area contributed by atoms with Crippen molar-refractivity contribution in [1.82, 2.24) is 15.5 Å². The van der Waals surface area contributed by atoms with Gasteiger partial charge in [0, 0.05) is 31.1 Å². The maximum Gasteiger partial charge on any atom is 0.251 e. The highest BCUT2D eigenvalue weighted by Gasteiger charge is 2.31. The zero-order valence-electron chi connectivity index (χ0n) is 18.9. The maximum absolute atomic E-state index is 13.1. The van der Waals surface area contributed by atoms with Crippen molar-refractivity contribution in [2.45, 2.75) is 51.6 Å². The fourth-order valence-corrected chi connectivity index (χ4v) is 3.97. The minimum Gasteiger partial charge on any atom is -0.353 e. The number of carbonyl (C=O) groups excluding carboxylic acids is 3. The summed E-state index contributed by atoms with van der Waals surface area (Å²) in [7, 11) is 0. The molecule has 32 heavy (non-hydrogen) atoms. The van der Waals surface area contributed by atoms with Gasteiger partial charge in [0.1, 0.15) is 6.04 Å². The van der Waals surface area contributed by atoms with Crippen LogP contribution in [0.1, 0.15) is 49.0 Å². The standard InChI is InChI=1S/C26H33N3O3/c1-19(2)24(28-25(31)21-11-7-4-8-12-21)26(32)29-17-15-22(16-18-29)27-23(30)14-13-20-9-5-3-6-10-20/h3-12,19,22,24H,13-18H2,1-2H3,(H,27,30)(H,28,31). The molecule has 2 aromatic carbocycles. The third-order valence-corrected chi connectivity index (χ3v) is 5.91. The van der Waals surface area contributed by atoms with E-state index in [-0.39, 0.29) is 29.7 Å². The summed E-state index contributed by atoms with van der Waals surface area (Å²) in [4.78, 5) is 39.8. The molecule has 1 unspecified atom stereocenters. The largest absolute Gasteiger partial charge is 0.353 e. The van der Waals surface area contributed by atoms with Gasteiger partial charge in [-0.25, -0.2) is 0 Å². The highest BCUT2D eigenvalue weighted by atomic mass is 16.2. The highest BCUT2D eigenvalue weighted by Crippen LogP contribution is 2.15. The van der Waals surface area contributed by atoms with E-state index >= 15 is 0 Å². The molecule has 0 bridgehead atoms. The van der Waals surface area contributed by atoms with E-state index in [0.717, 1.165) is 24.8 Å². The number of aryl methyl sites for hydroxylation is 1. The first-order chi connectivity index (χ1) is 15.4. The Morgan fingerprint density at radius 1 is 0.938 bits per heavy atom. The van der Waals surface area contributed by atoms with Gasteiger partial charge < -0.3 is 15.5 Å². The second-order valence-electron chi connectivity index (χ2n) is 8.71. The molecule has 0 aromatic heterocycles. The van der Waals surface area contributed by atoms with Crippen LogP contribution < -0.4 is 10.6 Å². The predicted molar refractivity (Wildman–Crippen MR) is 125 cm³/mol. The zero-order chi connectivity index (χ0) is 22.9. The number of nitrogens with one attached hydrogen (secondary N) is 2. The molecule has 0 radical (unpaired) electrons. The van der Waals surface area contributed by atoms with Crippen LogP contribution in [0.5, 0.6) is 0 Å². The van der Waals surface area contributed by atoms with Gasteiger partial charge in [-0.2, -0.15) is 0 Å². The van der Waals surface area contributed by atoms with Gasteiger partial charge in [-0.15, -0.1) is 0 Å². The lowest BCUT2D eigenvalue weighted by atomic mass is 9.99. The van der Waals surface area contributed by atoms with Crippen molar-refractivity contribution in [2.75, 3.05) is 13.1 Å². The number of piperidine rings is 1. The summed E-state index contributed by atoms with van der Waals surface area (Å²) in [6.45, 7) is 5.03. The summed E-state index contributed by atoms with van der Waals surface area (Å²) in [5.41, 5.74) is 1.70. The van der Waals surface area contributed by atoms with Gasteiger partial charge >= 0.3 is 0 Å². The fourth-order valence-electron chi connectivity index (χ4n) is 3.97. The van der Waals surface area contributed by atoms with E-state index in [1.54, 1.807) is 24.3 Å². The van der Waals surface area contributed by atoms with Gasteiger partial charge in [0.05, 0.1) is 0 Å². The minimum atomic E-state index is -0.570. The van der Waals surface area contributed by atoms with Crippen LogP contribution in [0, 0.1) is 5.92 Å². The molecule has 170 valence electrons. The van der Waals surface area contributed by atoms with Crippen LogP contribution in [0.2, 0.25) is 0 Å². The number of amides is 3. The molecule has 1 aliphatic heterocycles. The van der Waals surface area contributed by atoms with Crippen molar-refractivity contribution in [3.05, 3.63) is 71.8 Å². The lowest BCUT2D eigenvalue weighted by molar-refractivity contribution is -0.135. The molecule has 2 aromatic rings. The molecule has 1 fully saturated rings. The van der Waals surface area contributed by atoms with Crippen LogP contribution in [0.15, 0.2) is 60.7 Å². The normalized spacial score (nSPS) is 15.3. The number of rotatable bonds is 8. The number of likely N-dealkylation sites (tertiary alicyclic amines) is 1. The number of nitrogens with zero attached hydrogens (tertiary/aromatic N) is 1. The van der Waals surface area contributed by atoms with Gasteiger partial charge in [-0.3, -0.25) is 14.4 Å². The van der Waals surface area contributed by atoms with E-state index in [2.05, 4.69) is 10.6 Å². The Morgan fingerprint density at radius 3 is 2.12 bits per heavy atom. The van der Waals surface area contributed by atoms with Gasteiger partial charge in [-0.05, 0) is 42.9 Å². The Labute approximate surface area is 190 Å². The lowest BCUT2D eigenvalue weighted by Crippen LogP contribution is -2.54. The van der Waals surface area contributed by atoms with Gasteiger partial charge in [-0.1, -0.05) is 62.4 Å². The molecule has 2 N–H and O–H groups in total. The van der Waals surface area contributed by atoms with Gasteiger partial charge in [0.25, 0.3) is 5.91 Å². The molecule has 6 heteroatoms. The molecular weight excluding hydrogens is 402 g/mol. The van der Waals surface area contributed by atoms with E-state index in [1.165, 1.54) is 0 Å². The third-order valence-electron chi connectivity index (χ3n) is 5.91. The minimum absolute atomic E-state index is 0.0226. The summed E-state index contributed by atoms with van der Waals surface area (Å²) in [5.74, 6) is -0.268. The second kappa shape index (κ2) is 11.5. The first-order valence-electron chi connectivity index (χ1n) is 11.4. The van der Waals surface area contributed by atoms with E-state index in [9.17, 15) is 14.4 Å². The van der Waals surface area contributed by atoms with Gasteiger partial charge in [0.2, 0.25) is 11.8 Å². The smallest absolute Gasteiger partial charge is 0.251 e. The Balaban J connectivity index is 1.46. The van der Waals surface area contributed by atoms with Crippen LogP contribution in [-0.2, 0) is 16.0 Å². The topological polar surface area (TPSA) is 78.5 Å². The average molecular weight is 436 g/mol. The Kier molecular flexibility index (Phi) is 8.42. The lowest BCUT2D eigenvalue weighted by Gasteiger charge is -2.35. The summed E-state index contributed by atoms with van der Waals surface area (Å²) >= 11 is 0. The van der Waals surface area contributed by atoms with Crippen molar-refractivity contribution >= 4 is 17.7 Å². The van der Waals surface area contributed by atoms with E-state index in [4.69, 9.17) is 0 Å². The van der Waals surface area contributed by atoms with Crippen LogP contribution in [0.3, 0.4) is 0 Å². The summed E-state index contributed by atoms with van der Waals surface area (Å²) in [6, 6.07) is 18.4. The quantitative estimate of drug-likeness (QED) is 0.669. The molecule has 0 spiro atoms. The first-order valence-corrected chi connectivity index (χ1v) is 11.4. The summed E-state index contributed by atoms with van der Waals surface area (Å²) in [6.07, 6.45) is 2.63. The molecule has 1 aliphatic rings. The number of carbonyl (C=O) groups is 3. The van der Waals surface area contributed by atoms with Crippen molar-refractivity contribution in [1.29, 1.82) is 0 Å². The Morgan fingerprint density at radius 2 is 1.53 bits per heavy atom. The molecule has 1 atom stereocenters. The molecule has 1 heterocycles. The van der Waals surface area contributed by atoms with E-state index < -0.39 is 6.04 Å². The van der Waals surface area contributed by atoms with Crippen molar-refractivity contribution in [2.24, 2.45) is 5.92 Å². The van der Waals surface area contributed by atoms with E-state index in [0.29, 0.717) is 25.1 Å². The van der Waals surface area contributed by atoms with Crippen LogP contribution in [0.4, 0.5) is 0 Å². The third kappa shape index (κ3) is 6.67. The molecule has 6 nitrogen and oxygen atoms in total. The first kappa shape index (κ1) is 23.5. The monoisotopic (exact) mass is 435 g/mol. The zero-order valence-corrected chi connectivity index (χ0v) is 18.9. The molecule has 1 saturated heterocycles. The van der Waals surface area contributed by atoms with Crippen LogP contribution in [-0.4, -0.2) is 47.8 Å². The highest BCUT2D eigenvalue weighted by molar-refractivity contribution is 5.97. The molecule has 3 amide bonds. The van der Waals surface area contributed by atoms with Crippen molar-refractivity contribution < 1.29 is 14.4 Å². The molecule has 0 aliphatic carbocycles. The van der Waals surface area contributed by atoms with E-state index in [1.807, 2.05) is 55.1 Å². The predicted octanol–water partition coefficient (Wildman–Crippen LogP) is 3.18. The van der Waals surface area contributed by atoms with Crippen molar-refractivity contribution in [3.63, 3.8) is 0 Å². The maximum atomic E-state index is 13.1. The fraction of sp³-hybridized carbons (Fsp3) is 0.423. The van der Waals surface area contributed by atoms with Gasteiger partial charge in [0.15, 0.2) is 0 Å². The Bertz CT molecular complexity index is 891. The second-order valence-corrected chi connectivity index (χ2v) is 8.71. The Hall–Kier alpha value is -3.15. The molecule has 0 saturated carbocycles.